The van der Waals surface area contributed by atoms with Gasteiger partial charge in [-0.15, -0.1) is 0 Å². The normalized spacial score (nSPS) is 19.8. The molecule has 1 aliphatic heterocycles. The molecule has 0 radical (unpaired) electrons. The molecule has 1 heterocycles. The van der Waals surface area contributed by atoms with Crippen LogP contribution in [-0.4, -0.2) is 59.4 Å². The van der Waals surface area contributed by atoms with E-state index in [0.717, 1.165) is 4.90 Å². The summed E-state index contributed by atoms with van der Waals surface area (Å²) in [6.07, 6.45) is -1.21. The van der Waals surface area contributed by atoms with Gasteiger partial charge in [0, 0.05) is 6.42 Å². The van der Waals surface area contributed by atoms with Crippen LogP contribution >= 0.6 is 0 Å². The summed E-state index contributed by atoms with van der Waals surface area (Å²) in [6.45, 7) is 5.16. The molecule has 26 heavy (non-hydrogen) atoms. The van der Waals surface area contributed by atoms with Crippen LogP contribution in [0.4, 0.5) is 4.79 Å². The van der Waals surface area contributed by atoms with E-state index in [9.17, 15) is 19.5 Å². The van der Waals surface area contributed by atoms with E-state index in [2.05, 4.69) is 0 Å². The number of amides is 1. The Bertz CT molecular complexity index is 695. The number of esters is 1. The zero-order chi connectivity index (χ0) is 19.5. The Balaban J connectivity index is 2.17. The Morgan fingerprint density at radius 3 is 2.42 bits per heavy atom. The number of nitrogens with zero attached hydrogens (tertiary/aromatic N) is 1. The van der Waals surface area contributed by atoms with Crippen molar-refractivity contribution in [2.75, 3.05) is 13.7 Å². The number of hydrogen-bond acceptors (Lipinski definition) is 6. The highest BCUT2D eigenvalue weighted by Crippen LogP contribution is 2.27. The van der Waals surface area contributed by atoms with Crippen LogP contribution in [0.3, 0.4) is 0 Å². The monoisotopic (exact) mass is 365 g/mol. The maximum absolute atomic E-state index is 12.3. The number of para-hydroxylation sites is 1. The number of ether oxygens (including phenoxy) is 3. The van der Waals surface area contributed by atoms with Crippen molar-refractivity contribution in [1.29, 1.82) is 0 Å². The molecule has 0 unspecified atom stereocenters. The number of benzene rings is 1. The van der Waals surface area contributed by atoms with Crippen LogP contribution in [0.2, 0.25) is 0 Å². The predicted molar refractivity (Wildman–Crippen MR) is 91.2 cm³/mol. The van der Waals surface area contributed by atoms with E-state index in [1.807, 2.05) is 0 Å². The van der Waals surface area contributed by atoms with Crippen molar-refractivity contribution >= 4 is 18.0 Å². The summed E-state index contributed by atoms with van der Waals surface area (Å²) in [7, 11) is 1.26. The number of likely N-dealkylation sites (tertiary alicyclic amines) is 1. The average molecular weight is 365 g/mol. The van der Waals surface area contributed by atoms with E-state index in [0.29, 0.717) is 0 Å². The summed E-state index contributed by atoms with van der Waals surface area (Å²) >= 11 is 0. The molecule has 1 aromatic carbocycles. The van der Waals surface area contributed by atoms with E-state index in [-0.39, 0.29) is 24.3 Å². The number of carbonyl (C=O) groups excluding carboxylic acids is 2. The highest BCUT2D eigenvalue weighted by atomic mass is 16.6. The van der Waals surface area contributed by atoms with Gasteiger partial charge in [-0.1, -0.05) is 12.1 Å². The van der Waals surface area contributed by atoms with E-state index < -0.39 is 35.8 Å². The number of aliphatic carboxylic acids is 1. The van der Waals surface area contributed by atoms with Gasteiger partial charge in [-0.3, -0.25) is 4.90 Å². The standard InChI is InChI=1S/C18H23NO7/c1-18(2,3)26-17(23)19-10-11(9-13(19)15(20)21)25-14-8-6-5-7-12(14)16(22)24-4/h5-8,11,13H,9-10H2,1-4H3,(H,20,21)/t11-,13-/m0/s1. The lowest BCUT2D eigenvalue weighted by atomic mass is 10.1. The number of hydrogen-bond donors (Lipinski definition) is 1. The van der Waals surface area contributed by atoms with E-state index in [1.165, 1.54) is 7.11 Å². The fourth-order valence-electron chi connectivity index (χ4n) is 2.67. The van der Waals surface area contributed by atoms with Crippen LogP contribution in [0.5, 0.6) is 5.75 Å². The van der Waals surface area contributed by atoms with Crippen LogP contribution in [0, 0.1) is 0 Å². The van der Waals surface area contributed by atoms with Crippen molar-refractivity contribution in [2.45, 2.75) is 44.9 Å². The first-order valence-electron chi connectivity index (χ1n) is 8.19. The molecule has 2 atom stereocenters. The van der Waals surface area contributed by atoms with E-state index in [1.54, 1.807) is 45.0 Å². The van der Waals surface area contributed by atoms with Gasteiger partial charge in [0.05, 0.1) is 13.7 Å². The first-order chi connectivity index (χ1) is 12.1. The lowest BCUT2D eigenvalue weighted by molar-refractivity contribution is -0.142. The third kappa shape index (κ3) is 4.65. The number of carboxylic acid groups (broad SMARTS) is 1. The molecule has 1 amide bonds. The number of rotatable bonds is 4. The summed E-state index contributed by atoms with van der Waals surface area (Å²) in [5.74, 6) is -1.42. The molecule has 8 nitrogen and oxygen atoms in total. The second kappa shape index (κ2) is 7.63. The van der Waals surface area contributed by atoms with E-state index in [4.69, 9.17) is 14.2 Å². The molecule has 0 aromatic heterocycles. The van der Waals surface area contributed by atoms with Crippen molar-refractivity contribution < 1.29 is 33.7 Å². The van der Waals surface area contributed by atoms with Gasteiger partial charge < -0.3 is 19.3 Å². The zero-order valence-electron chi connectivity index (χ0n) is 15.2. The highest BCUT2D eigenvalue weighted by molar-refractivity contribution is 5.92. The van der Waals surface area contributed by atoms with Crippen molar-refractivity contribution in [3.8, 4) is 5.75 Å². The van der Waals surface area contributed by atoms with Crippen LogP contribution in [-0.2, 0) is 14.3 Å². The van der Waals surface area contributed by atoms with Gasteiger partial charge in [0.15, 0.2) is 0 Å². The van der Waals surface area contributed by atoms with Gasteiger partial charge in [-0.25, -0.2) is 14.4 Å². The largest absolute Gasteiger partial charge is 0.488 e. The minimum atomic E-state index is -1.14. The molecule has 0 aliphatic carbocycles. The van der Waals surface area contributed by atoms with Crippen molar-refractivity contribution in [1.82, 2.24) is 4.90 Å². The molecule has 1 aromatic rings. The van der Waals surface area contributed by atoms with Crippen molar-refractivity contribution in [3.05, 3.63) is 29.8 Å². The van der Waals surface area contributed by atoms with Crippen LogP contribution in [0.1, 0.15) is 37.6 Å². The fraction of sp³-hybridized carbons (Fsp3) is 0.500. The third-order valence-corrected chi connectivity index (χ3v) is 3.76. The third-order valence-electron chi connectivity index (χ3n) is 3.76. The van der Waals surface area contributed by atoms with Crippen LogP contribution in [0.25, 0.3) is 0 Å². The zero-order valence-corrected chi connectivity index (χ0v) is 15.2. The maximum atomic E-state index is 12.3. The van der Waals surface area contributed by atoms with Gasteiger partial charge in [-0.2, -0.15) is 0 Å². The summed E-state index contributed by atoms with van der Waals surface area (Å²) < 4.78 is 15.8. The van der Waals surface area contributed by atoms with Gasteiger partial charge in [0.2, 0.25) is 0 Å². The smallest absolute Gasteiger partial charge is 0.411 e. The average Bonchev–Trinajstić information content (AvgIpc) is 2.97. The summed E-state index contributed by atoms with van der Waals surface area (Å²) in [4.78, 5) is 36.8. The maximum Gasteiger partial charge on any atom is 0.411 e. The van der Waals surface area contributed by atoms with Gasteiger partial charge in [0.25, 0.3) is 0 Å². The summed E-state index contributed by atoms with van der Waals surface area (Å²) in [6, 6.07) is 5.45. The summed E-state index contributed by atoms with van der Waals surface area (Å²) in [5, 5.41) is 9.42. The summed E-state index contributed by atoms with van der Waals surface area (Å²) in [5.41, 5.74) is -0.506. The molecule has 1 aliphatic rings. The van der Waals surface area contributed by atoms with Crippen LogP contribution < -0.4 is 4.74 Å². The molecule has 1 saturated heterocycles. The first-order valence-corrected chi connectivity index (χ1v) is 8.19. The van der Waals surface area contributed by atoms with Gasteiger partial charge in [-0.05, 0) is 32.9 Å². The van der Waals surface area contributed by atoms with Crippen LogP contribution in [0.15, 0.2) is 24.3 Å². The second-order valence-corrected chi connectivity index (χ2v) is 6.95. The van der Waals surface area contributed by atoms with Crippen molar-refractivity contribution in [3.63, 3.8) is 0 Å². The quantitative estimate of drug-likeness (QED) is 0.817. The SMILES string of the molecule is COC(=O)c1ccccc1O[C@H]1C[C@@H](C(=O)O)N(C(=O)OC(C)(C)C)C1. The van der Waals surface area contributed by atoms with Gasteiger partial charge in [0.1, 0.15) is 29.1 Å². The van der Waals surface area contributed by atoms with E-state index >= 15 is 0 Å². The topological polar surface area (TPSA) is 102 Å². The van der Waals surface area contributed by atoms with Crippen molar-refractivity contribution in [2.24, 2.45) is 0 Å². The molecule has 1 N–H and O–H groups in total. The molecule has 0 spiro atoms. The minimum Gasteiger partial charge on any atom is -0.488 e. The first kappa shape index (κ1) is 19.6. The second-order valence-electron chi connectivity index (χ2n) is 6.95. The molecule has 0 bridgehead atoms. The number of carbonyl (C=O) groups is 3. The number of methoxy groups -OCH3 is 1. The predicted octanol–water partition coefficient (Wildman–Crippen LogP) is 2.31. The lowest BCUT2D eigenvalue weighted by Gasteiger charge is -2.26. The lowest BCUT2D eigenvalue weighted by Crippen LogP contribution is -2.43. The Labute approximate surface area is 151 Å². The Kier molecular flexibility index (Phi) is 5.74. The molecule has 1 fully saturated rings. The van der Waals surface area contributed by atoms with Gasteiger partial charge >= 0.3 is 18.0 Å². The molecular weight excluding hydrogens is 342 g/mol. The Morgan fingerprint density at radius 2 is 1.85 bits per heavy atom. The Hall–Kier alpha value is -2.77. The minimum absolute atomic E-state index is 0.0430. The molecule has 2 rings (SSSR count). The molecule has 0 saturated carbocycles. The Morgan fingerprint density at radius 1 is 1.19 bits per heavy atom. The molecule has 142 valence electrons. The highest BCUT2D eigenvalue weighted by Gasteiger charge is 2.43. The molecule has 8 heteroatoms. The fourth-order valence-corrected chi connectivity index (χ4v) is 2.67. The molecular formula is C18H23NO7. The number of carboxylic acids is 1.